The van der Waals surface area contributed by atoms with Gasteiger partial charge in [0.05, 0.1) is 30.5 Å². The number of rotatable bonds is 11. The molecule has 1 N–H and O–H groups in total. The molecule has 4 aromatic rings. The Kier molecular flexibility index (Phi) is 7.55. The van der Waals surface area contributed by atoms with Crippen LogP contribution >= 0.6 is 0 Å². The number of nitrogens with one attached hydrogen (secondary N) is 1. The van der Waals surface area contributed by atoms with Crippen molar-refractivity contribution in [3.8, 4) is 34.6 Å². The number of amides is 2. The number of fused-ring (bicyclic) bond motifs is 1. The number of methoxy groups -OCH3 is 1. The highest BCUT2D eigenvalue weighted by Gasteiger charge is 2.34. The third kappa shape index (κ3) is 5.46. The Bertz CT molecular complexity index is 1430. The second-order valence-corrected chi connectivity index (χ2v) is 9.01. The van der Waals surface area contributed by atoms with Crippen molar-refractivity contribution in [1.29, 1.82) is 0 Å². The number of ether oxygens (including phenoxy) is 3. The predicted molar refractivity (Wildman–Crippen MR) is 145 cm³/mol. The van der Waals surface area contributed by atoms with Crippen LogP contribution in [0.1, 0.15) is 27.6 Å². The number of hydrogen-bond acceptors (Lipinski definition) is 8. The zero-order valence-electron chi connectivity index (χ0n) is 22.0. The minimum Gasteiger partial charge on any atom is -0.497 e. The largest absolute Gasteiger partial charge is 0.497 e. The van der Waals surface area contributed by atoms with Crippen molar-refractivity contribution in [2.24, 2.45) is 0 Å². The Morgan fingerprint density at radius 2 is 1.51 bits per heavy atom. The van der Waals surface area contributed by atoms with Gasteiger partial charge in [-0.15, -0.1) is 5.10 Å². The van der Waals surface area contributed by atoms with E-state index in [0.29, 0.717) is 29.3 Å². The second-order valence-electron chi connectivity index (χ2n) is 9.01. The maximum absolute atomic E-state index is 12.6. The number of imide groups is 1. The lowest BCUT2D eigenvalue weighted by atomic mass is 10.1. The van der Waals surface area contributed by atoms with Crippen LogP contribution in [-0.4, -0.2) is 71.4 Å². The maximum atomic E-state index is 12.6. The van der Waals surface area contributed by atoms with Gasteiger partial charge in [0.25, 0.3) is 11.8 Å². The van der Waals surface area contributed by atoms with Crippen molar-refractivity contribution in [3.63, 3.8) is 0 Å². The fourth-order valence-corrected chi connectivity index (χ4v) is 4.12. The number of nitrogens with zero attached hydrogens (tertiary/aromatic N) is 4. The molecule has 10 nitrogen and oxygen atoms in total. The van der Waals surface area contributed by atoms with Crippen LogP contribution in [0.2, 0.25) is 0 Å². The molecule has 1 unspecified atom stereocenters. The molecule has 0 fully saturated rings. The van der Waals surface area contributed by atoms with E-state index in [0.717, 1.165) is 17.0 Å². The van der Waals surface area contributed by atoms with Gasteiger partial charge in [-0.05, 0) is 74.6 Å². The van der Waals surface area contributed by atoms with E-state index >= 15 is 0 Å². The average Bonchev–Trinajstić information content (AvgIpc) is 3.51. The number of benzene rings is 3. The van der Waals surface area contributed by atoms with E-state index in [-0.39, 0.29) is 37.0 Å². The van der Waals surface area contributed by atoms with E-state index < -0.39 is 0 Å². The molecule has 5 rings (SSSR count). The topological polar surface area (TPSA) is 108 Å². The van der Waals surface area contributed by atoms with Gasteiger partial charge < -0.3 is 19.5 Å². The molecule has 3 aromatic carbocycles. The summed E-state index contributed by atoms with van der Waals surface area (Å²) in [6.07, 6.45) is 0. The lowest BCUT2D eigenvalue weighted by molar-refractivity contribution is 0.0631. The van der Waals surface area contributed by atoms with Crippen LogP contribution in [0, 0.1) is 0 Å². The van der Waals surface area contributed by atoms with Crippen molar-refractivity contribution in [2.75, 3.05) is 33.9 Å². The Morgan fingerprint density at radius 3 is 2.13 bits per heavy atom. The first-order chi connectivity index (χ1) is 19.0. The Labute approximate surface area is 226 Å². The fourth-order valence-electron chi connectivity index (χ4n) is 4.12. The summed E-state index contributed by atoms with van der Waals surface area (Å²) in [7, 11) is 3.49. The quantitative estimate of drug-likeness (QED) is 0.295. The van der Waals surface area contributed by atoms with Crippen molar-refractivity contribution >= 4 is 11.8 Å². The van der Waals surface area contributed by atoms with E-state index in [1.54, 1.807) is 36.1 Å². The molecule has 0 spiro atoms. The SMILES string of the molecule is CNC(C)COc1nc(-c2ccc(OCCN3C(=O)c4ccccc4C3=O)cc2)n(-c2ccc(OC)cc2)n1. The highest BCUT2D eigenvalue weighted by atomic mass is 16.5. The molecule has 0 saturated carbocycles. The summed E-state index contributed by atoms with van der Waals surface area (Å²) in [6, 6.07) is 22.1. The fraction of sp³-hybridized carbons (Fsp3) is 0.241. The first kappa shape index (κ1) is 25.9. The molecule has 39 heavy (non-hydrogen) atoms. The molecule has 0 radical (unpaired) electrons. The summed E-state index contributed by atoms with van der Waals surface area (Å²) >= 11 is 0. The number of aromatic nitrogens is 3. The third-order valence-corrected chi connectivity index (χ3v) is 6.43. The maximum Gasteiger partial charge on any atom is 0.336 e. The van der Waals surface area contributed by atoms with E-state index in [9.17, 15) is 9.59 Å². The molecule has 0 saturated heterocycles. The highest BCUT2D eigenvalue weighted by Crippen LogP contribution is 2.27. The van der Waals surface area contributed by atoms with Gasteiger partial charge in [0, 0.05) is 11.6 Å². The summed E-state index contributed by atoms with van der Waals surface area (Å²) in [5, 5.41) is 7.71. The van der Waals surface area contributed by atoms with Crippen LogP contribution in [0.3, 0.4) is 0 Å². The van der Waals surface area contributed by atoms with Crippen molar-refractivity contribution in [2.45, 2.75) is 13.0 Å². The average molecular weight is 528 g/mol. The van der Waals surface area contributed by atoms with Gasteiger partial charge >= 0.3 is 6.01 Å². The lowest BCUT2D eigenvalue weighted by Gasteiger charge is -2.14. The van der Waals surface area contributed by atoms with Crippen molar-refractivity contribution in [3.05, 3.63) is 83.9 Å². The molecule has 1 aliphatic heterocycles. The highest BCUT2D eigenvalue weighted by molar-refractivity contribution is 6.21. The van der Waals surface area contributed by atoms with Crippen LogP contribution in [0.4, 0.5) is 0 Å². The monoisotopic (exact) mass is 527 g/mol. The first-order valence-corrected chi connectivity index (χ1v) is 12.6. The molecule has 10 heteroatoms. The molecule has 2 heterocycles. The van der Waals surface area contributed by atoms with Crippen molar-refractivity contribution < 1.29 is 23.8 Å². The molecular formula is C29H29N5O5. The van der Waals surface area contributed by atoms with Gasteiger partial charge in [0.15, 0.2) is 5.82 Å². The van der Waals surface area contributed by atoms with Crippen LogP contribution < -0.4 is 19.5 Å². The normalized spacial score (nSPS) is 13.4. The van der Waals surface area contributed by atoms with Gasteiger partial charge in [-0.2, -0.15) is 4.98 Å². The predicted octanol–water partition coefficient (Wildman–Crippen LogP) is 3.60. The number of likely N-dealkylation sites (N-methyl/N-ethyl adjacent to an activating group) is 1. The summed E-state index contributed by atoms with van der Waals surface area (Å²) < 4.78 is 18.7. The lowest BCUT2D eigenvalue weighted by Crippen LogP contribution is -2.33. The zero-order chi connectivity index (χ0) is 27.4. The molecule has 2 amide bonds. The summed E-state index contributed by atoms with van der Waals surface area (Å²) in [5.74, 6) is 1.35. The minimum absolute atomic E-state index is 0.137. The minimum atomic E-state index is -0.297. The second kappa shape index (κ2) is 11.4. The third-order valence-electron chi connectivity index (χ3n) is 6.43. The number of carbonyl (C=O) groups is 2. The molecule has 1 aliphatic rings. The molecular weight excluding hydrogens is 498 g/mol. The van der Waals surface area contributed by atoms with Crippen LogP contribution in [0.15, 0.2) is 72.8 Å². The molecule has 200 valence electrons. The van der Waals surface area contributed by atoms with Crippen molar-refractivity contribution in [1.82, 2.24) is 25.0 Å². The molecule has 1 aromatic heterocycles. The summed E-state index contributed by atoms with van der Waals surface area (Å²) in [6.45, 7) is 2.76. The van der Waals surface area contributed by atoms with Gasteiger partial charge in [-0.3, -0.25) is 14.5 Å². The van der Waals surface area contributed by atoms with Gasteiger partial charge in [0.1, 0.15) is 24.7 Å². The number of carbonyl (C=O) groups excluding carboxylic acids is 2. The van der Waals surface area contributed by atoms with Gasteiger partial charge in [-0.1, -0.05) is 12.1 Å². The zero-order valence-corrected chi connectivity index (χ0v) is 22.0. The van der Waals surface area contributed by atoms with Crippen LogP contribution in [-0.2, 0) is 0 Å². The van der Waals surface area contributed by atoms with Crippen LogP contribution in [0.5, 0.6) is 17.5 Å². The summed E-state index contributed by atoms with van der Waals surface area (Å²) in [5.41, 5.74) is 2.46. The Hall–Kier alpha value is -4.70. The van der Waals surface area contributed by atoms with E-state index in [1.165, 1.54) is 4.90 Å². The molecule has 1 atom stereocenters. The smallest absolute Gasteiger partial charge is 0.336 e. The standard InChI is InChI=1S/C29H29N5O5/c1-19(30-2)18-39-29-31-26(34(32-29)21-10-14-22(37-3)15-11-21)20-8-12-23(13-9-20)38-17-16-33-27(35)24-6-4-5-7-25(24)28(33)36/h4-15,19,30H,16-18H2,1-3H3. The Morgan fingerprint density at radius 1 is 0.872 bits per heavy atom. The summed E-state index contributed by atoms with van der Waals surface area (Å²) in [4.78, 5) is 31.0. The van der Waals surface area contributed by atoms with Gasteiger partial charge in [0.2, 0.25) is 0 Å². The van der Waals surface area contributed by atoms with E-state index in [1.807, 2.05) is 62.5 Å². The van der Waals surface area contributed by atoms with Crippen LogP contribution in [0.25, 0.3) is 17.1 Å². The first-order valence-electron chi connectivity index (χ1n) is 12.6. The van der Waals surface area contributed by atoms with Gasteiger partial charge in [-0.25, -0.2) is 4.68 Å². The molecule has 0 bridgehead atoms. The van der Waals surface area contributed by atoms with E-state index in [4.69, 9.17) is 14.2 Å². The Balaban J connectivity index is 1.29. The molecule has 0 aliphatic carbocycles. The number of hydrogen-bond donors (Lipinski definition) is 1. The van der Waals surface area contributed by atoms with E-state index in [2.05, 4.69) is 15.4 Å².